The van der Waals surface area contributed by atoms with E-state index in [0.29, 0.717) is 0 Å². The average molecular weight is 226 g/mol. The quantitative estimate of drug-likeness (QED) is 0.743. The molecule has 4 heteroatoms. The Labute approximate surface area is 95.1 Å². The number of hydrogen-bond acceptors (Lipinski definition) is 4. The van der Waals surface area contributed by atoms with Crippen molar-refractivity contribution in [1.29, 1.82) is 0 Å². The van der Waals surface area contributed by atoms with Gasteiger partial charge < -0.3 is 4.90 Å². The second kappa shape index (κ2) is 4.31. The first kappa shape index (κ1) is 12.2. The molecule has 0 radical (unpaired) electrons. The van der Waals surface area contributed by atoms with Crippen LogP contribution in [0.25, 0.3) is 0 Å². The number of carbonyl (C=O) groups excluding carboxylic acids is 1. The molecular formula is C11H18N2OS. The number of aromatic nitrogens is 1. The van der Waals surface area contributed by atoms with Gasteiger partial charge in [-0.2, -0.15) is 0 Å². The number of hydrogen-bond donors (Lipinski definition) is 0. The van der Waals surface area contributed by atoms with E-state index >= 15 is 0 Å². The lowest BCUT2D eigenvalue weighted by Crippen LogP contribution is -2.28. The molecule has 0 aliphatic carbocycles. The van der Waals surface area contributed by atoms with Crippen molar-refractivity contribution in [2.45, 2.75) is 27.7 Å². The molecule has 84 valence electrons. The molecule has 0 saturated heterocycles. The van der Waals surface area contributed by atoms with Crippen LogP contribution in [0.5, 0.6) is 0 Å². The van der Waals surface area contributed by atoms with Crippen LogP contribution in [0, 0.1) is 12.3 Å². The molecule has 0 unspecified atom stereocenters. The van der Waals surface area contributed by atoms with Crippen LogP contribution in [0.1, 0.15) is 36.1 Å². The predicted octanol–water partition coefficient (Wildman–Crippen LogP) is 2.75. The summed E-state index contributed by atoms with van der Waals surface area (Å²) in [6, 6.07) is 0. The average Bonchev–Trinajstić information content (AvgIpc) is 2.43. The van der Waals surface area contributed by atoms with Gasteiger partial charge in [0.25, 0.3) is 0 Å². The van der Waals surface area contributed by atoms with Crippen molar-refractivity contribution in [2.24, 2.45) is 5.41 Å². The maximum absolute atomic E-state index is 10.7. The van der Waals surface area contributed by atoms with E-state index in [0.717, 1.165) is 28.5 Å². The first-order valence-electron chi connectivity index (χ1n) is 4.97. The van der Waals surface area contributed by atoms with Gasteiger partial charge in [-0.15, -0.1) is 0 Å². The van der Waals surface area contributed by atoms with Crippen molar-refractivity contribution >= 4 is 22.8 Å². The fourth-order valence-corrected chi connectivity index (χ4v) is 2.29. The lowest BCUT2D eigenvalue weighted by molar-refractivity contribution is 0.112. The Hall–Kier alpha value is -0.900. The molecule has 0 aliphatic heterocycles. The van der Waals surface area contributed by atoms with Crippen molar-refractivity contribution in [3.63, 3.8) is 0 Å². The highest BCUT2D eigenvalue weighted by Gasteiger charge is 2.17. The summed E-state index contributed by atoms with van der Waals surface area (Å²) in [5.41, 5.74) is 1.06. The smallest absolute Gasteiger partial charge is 0.185 e. The molecule has 1 aromatic heterocycles. The van der Waals surface area contributed by atoms with Crippen molar-refractivity contribution < 1.29 is 4.79 Å². The second-order valence-corrected chi connectivity index (χ2v) is 5.99. The van der Waals surface area contributed by atoms with Crippen molar-refractivity contribution in [3.8, 4) is 0 Å². The summed E-state index contributed by atoms with van der Waals surface area (Å²) in [5, 5.41) is 0.921. The highest BCUT2D eigenvalue weighted by atomic mass is 32.1. The highest BCUT2D eigenvalue weighted by molar-refractivity contribution is 7.17. The summed E-state index contributed by atoms with van der Waals surface area (Å²) in [4.78, 5) is 17.9. The minimum atomic E-state index is 0.232. The fraction of sp³-hybridized carbons (Fsp3) is 0.636. The molecule has 0 aromatic carbocycles. The SMILES string of the molecule is Cc1nc(N(C)CC(C)(C)C)sc1C=O. The molecule has 0 aliphatic rings. The van der Waals surface area contributed by atoms with Crippen LogP contribution in [0.3, 0.4) is 0 Å². The lowest BCUT2D eigenvalue weighted by Gasteiger charge is -2.26. The standard InChI is InChI=1S/C11H18N2OS/c1-8-9(6-14)15-10(12-8)13(5)7-11(2,3)4/h6H,7H2,1-5H3. The molecular weight excluding hydrogens is 208 g/mol. The van der Waals surface area contributed by atoms with Crippen LogP contribution in [-0.2, 0) is 0 Å². The Balaban J connectivity index is 2.82. The summed E-state index contributed by atoms with van der Waals surface area (Å²) in [7, 11) is 2.01. The van der Waals surface area contributed by atoms with Gasteiger partial charge in [-0.3, -0.25) is 4.79 Å². The third-order valence-electron chi connectivity index (χ3n) is 1.97. The van der Waals surface area contributed by atoms with Crippen LogP contribution >= 0.6 is 11.3 Å². The highest BCUT2D eigenvalue weighted by Crippen LogP contribution is 2.26. The third kappa shape index (κ3) is 3.30. The normalized spacial score (nSPS) is 11.5. The number of carbonyl (C=O) groups is 1. The molecule has 0 spiro atoms. The molecule has 3 nitrogen and oxygen atoms in total. The van der Waals surface area contributed by atoms with Crippen LogP contribution in [0.4, 0.5) is 5.13 Å². The van der Waals surface area contributed by atoms with Crippen LogP contribution < -0.4 is 4.90 Å². The maximum Gasteiger partial charge on any atom is 0.185 e. The Bertz CT molecular complexity index is 352. The van der Waals surface area contributed by atoms with Gasteiger partial charge in [0.05, 0.1) is 10.6 Å². The van der Waals surface area contributed by atoms with Gasteiger partial charge in [-0.1, -0.05) is 32.1 Å². The first-order valence-corrected chi connectivity index (χ1v) is 5.79. The summed E-state index contributed by atoms with van der Waals surface area (Å²) in [6.07, 6.45) is 0.876. The van der Waals surface area contributed by atoms with Gasteiger partial charge in [-0.05, 0) is 12.3 Å². The number of anilines is 1. The van der Waals surface area contributed by atoms with Gasteiger partial charge in [0, 0.05) is 13.6 Å². The Kier molecular flexibility index (Phi) is 3.50. The van der Waals surface area contributed by atoms with E-state index in [1.165, 1.54) is 11.3 Å². The van der Waals surface area contributed by atoms with E-state index < -0.39 is 0 Å². The minimum Gasteiger partial charge on any atom is -0.351 e. The Morgan fingerprint density at radius 1 is 1.47 bits per heavy atom. The molecule has 0 N–H and O–H groups in total. The van der Waals surface area contributed by atoms with Crippen molar-refractivity contribution in [2.75, 3.05) is 18.5 Å². The zero-order valence-corrected chi connectivity index (χ0v) is 10.8. The zero-order valence-electron chi connectivity index (χ0n) is 10.00. The van der Waals surface area contributed by atoms with E-state index in [9.17, 15) is 4.79 Å². The van der Waals surface area contributed by atoms with E-state index in [1.54, 1.807) is 0 Å². The van der Waals surface area contributed by atoms with Crippen LogP contribution in [-0.4, -0.2) is 24.9 Å². The number of aldehydes is 1. The molecule has 0 fully saturated rings. The van der Waals surface area contributed by atoms with Gasteiger partial charge >= 0.3 is 0 Å². The summed E-state index contributed by atoms with van der Waals surface area (Å²) in [5.74, 6) is 0. The van der Waals surface area contributed by atoms with E-state index in [4.69, 9.17) is 0 Å². The van der Waals surface area contributed by atoms with Gasteiger partial charge in [0.15, 0.2) is 11.4 Å². The van der Waals surface area contributed by atoms with Crippen LogP contribution in [0.2, 0.25) is 0 Å². The Morgan fingerprint density at radius 3 is 2.47 bits per heavy atom. The molecule has 1 rings (SSSR count). The maximum atomic E-state index is 10.7. The zero-order chi connectivity index (χ0) is 11.6. The molecule has 0 amide bonds. The number of thiazole rings is 1. The van der Waals surface area contributed by atoms with E-state index in [1.807, 2.05) is 14.0 Å². The van der Waals surface area contributed by atoms with E-state index in [-0.39, 0.29) is 5.41 Å². The van der Waals surface area contributed by atoms with Gasteiger partial charge in [-0.25, -0.2) is 4.98 Å². The summed E-state index contributed by atoms with van der Waals surface area (Å²) in [6.45, 7) is 9.35. The topological polar surface area (TPSA) is 33.2 Å². The monoisotopic (exact) mass is 226 g/mol. The molecule has 1 aromatic rings. The summed E-state index contributed by atoms with van der Waals surface area (Å²) < 4.78 is 0. The molecule has 15 heavy (non-hydrogen) atoms. The van der Waals surface area contributed by atoms with Gasteiger partial charge in [0.2, 0.25) is 0 Å². The minimum absolute atomic E-state index is 0.232. The number of nitrogens with zero attached hydrogens (tertiary/aromatic N) is 2. The van der Waals surface area contributed by atoms with Crippen molar-refractivity contribution in [3.05, 3.63) is 10.6 Å². The molecule has 0 bridgehead atoms. The van der Waals surface area contributed by atoms with Crippen molar-refractivity contribution in [1.82, 2.24) is 4.98 Å². The largest absolute Gasteiger partial charge is 0.351 e. The fourth-order valence-electron chi connectivity index (χ4n) is 1.45. The summed E-state index contributed by atoms with van der Waals surface area (Å²) >= 11 is 1.46. The molecule has 0 saturated carbocycles. The van der Waals surface area contributed by atoms with E-state index in [2.05, 4.69) is 30.7 Å². The van der Waals surface area contributed by atoms with Gasteiger partial charge in [0.1, 0.15) is 0 Å². The molecule has 1 heterocycles. The lowest BCUT2D eigenvalue weighted by atomic mass is 9.96. The Morgan fingerprint density at radius 2 is 2.07 bits per heavy atom. The number of aryl methyl sites for hydroxylation is 1. The first-order chi connectivity index (χ1) is 6.83. The predicted molar refractivity (Wildman–Crippen MR) is 65.0 cm³/mol. The molecule has 0 atom stereocenters. The van der Waals surface area contributed by atoms with Crippen LogP contribution in [0.15, 0.2) is 0 Å². The second-order valence-electron chi connectivity index (χ2n) is 4.98. The third-order valence-corrected chi connectivity index (χ3v) is 3.16. The number of rotatable bonds is 3.